The van der Waals surface area contributed by atoms with Crippen LogP contribution in [0.25, 0.3) is 0 Å². The summed E-state index contributed by atoms with van der Waals surface area (Å²) in [6.07, 6.45) is 6.20. The number of rotatable bonds is 10. The van der Waals surface area contributed by atoms with E-state index in [1.807, 2.05) is 0 Å². The lowest BCUT2D eigenvalue weighted by Crippen LogP contribution is -2.41. The van der Waals surface area contributed by atoms with E-state index in [1.165, 1.54) is 31.2 Å². The van der Waals surface area contributed by atoms with E-state index in [-0.39, 0.29) is 22.4 Å². The van der Waals surface area contributed by atoms with Crippen molar-refractivity contribution >= 4 is 42.2 Å². The van der Waals surface area contributed by atoms with Gasteiger partial charge in [-0.2, -0.15) is 0 Å². The fourth-order valence-corrected chi connectivity index (χ4v) is 5.53. The molecule has 2 aliphatic rings. The predicted octanol–water partition coefficient (Wildman–Crippen LogP) is 7.88. The molecule has 0 spiro atoms. The Kier molecular flexibility index (Phi) is 8.95. The maximum absolute atomic E-state index is 6.31. The van der Waals surface area contributed by atoms with Crippen LogP contribution in [0.1, 0.15) is 93.6 Å². The molecule has 5 rings (SSSR count). The highest BCUT2D eigenvalue weighted by atomic mass is 16.7. The molecule has 0 N–H and O–H groups in total. The van der Waals surface area contributed by atoms with Gasteiger partial charge >= 0.3 is 14.2 Å². The summed E-state index contributed by atoms with van der Waals surface area (Å²) in [4.78, 5) is 2.29. The van der Waals surface area contributed by atoms with Gasteiger partial charge in [-0.3, -0.25) is 0 Å². The first-order chi connectivity index (χ1) is 20.2. The van der Waals surface area contributed by atoms with Crippen LogP contribution in [0.15, 0.2) is 72.8 Å². The number of hydrogen-bond donors (Lipinski definition) is 0. The van der Waals surface area contributed by atoms with Crippen molar-refractivity contribution in [2.24, 2.45) is 0 Å². The van der Waals surface area contributed by atoms with E-state index in [0.29, 0.717) is 0 Å². The van der Waals surface area contributed by atoms with Gasteiger partial charge in [0.1, 0.15) is 0 Å². The molecule has 2 saturated heterocycles. The Balaban J connectivity index is 1.42. The fourth-order valence-electron chi connectivity index (χ4n) is 5.53. The zero-order valence-electron chi connectivity index (χ0n) is 27.7. The highest BCUT2D eigenvalue weighted by Crippen LogP contribution is 2.39. The molecule has 7 heteroatoms. The third-order valence-electron chi connectivity index (χ3n) is 9.87. The van der Waals surface area contributed by atoms with E-state index in [4.69, 9.17) is 18.6 Å². The zero-order chi connectivity index (χ0) is 31.0. The molecule has 0 unspecified atom stereocenters. The molecule has 0 bridgehead atoms. The van der Waals surface area contributed by atoms with Gasteiger partial charge in [0.2, 0.25) is 0 Å². The molecular formula is C36H49B2NO4. The second-order valence-corrected chi connectivity index (χ2v) is 14.2. The molecule has 0 aromatic heterocycles. The highest BCUT2D eigenvalue weighted by Gasteiger charge is 2.52. The number of unbranched alkanes of at least 4 members (excludes halogenated alkanes) is 3. The predicted molar refractivity (Wildman–Crippen MR) is 180 cm³/mol. The first-order valence-electron chi connectivity index (χ1n) is 16.0. The Morgan fingerprint density at radius 3 is 1.19 bits per heavy atom. The van der Waals surface area contributed by atoms with Crippen LogP contribution < -0.4 is 15.8 Å². The van der Waals surface area contributed by atoms with Crippen molar-refractivity contribution in [3.05, 3.63) is 78.4 Å². The molecule has 2 aliphatic heterocycles. The summed E-state index contributed by atoms with van der Waals surface area (Å²) in [6, 6.07) is 26.1. The third-order valence-corrected chi connectivity index (χ3v) is 9.87. The van der Waals surface area contributed by atoms with Gasteiger partial charge in [-0.25, -0.2) is 0 Å². The number of anilines is 3. The second kappa shape index (κ2) is 12.1. The SMILES string of the molecule is CCCCCCc1ccc(N(c2ccc(B3OC(C)(C)C(C)(C)O3)cc2)c2ccc(B3OC(C)(C)C(C)(C)O3)cc2)cc1. The topological polar surface area (TPSA) is 40.2 Å². The summed E-state index contributed by atoms with van der Waals surface area (Å²) in [5.41, 5.74) is 5.16. The minimum atomic E-state index is -0.390. The quantitative estimate of drug-likeness (QED) is 0.180. The van der Waals surface area contributed by atoms with Crippen LogP contribution in [0.5, 0.6) is 0 Å². The van der Waals surface area contributed by atoms with E-state index in [2.05, 4.69) is 140 Å². The van der Waals surface area contributed by atoms with Crippen molar-refractivity contribution in [2.45, 2.75) is 117 Å². The molecular weight excluding hydrogens is 532 g/mol. The summed E-state index contributed by atoms with van der Waals surface area (Å²) in [5.74, 6) is 0. The average Bonchev–Trinajstić information content (AvgIpc) is 3.32. The molecule has 228 valence electrons. The molecule has 0 saturated carbocycles. The van der Waals surface area contributed by atoms with Gasteiger partial charge in [0.05, 0.1) is 22.4 Å². The zero-order valence-corrected chi connectivity index (χ0v) is 27.7. The summed E-state index contributed by atoms with van der Waals surface area (Å²) >= 11 is 0. The molecule has 3 aromatic carbocycles. The Bertz CT molecular complexity index is 1260. The number of hydrogen-bond acceptors (Lipinski definition) is 5. The fraction of sp³-hybridized carbons (Fsp3) is 0.500. The van der Waals surface area contributed by atoms with Gasteiger partial charge in [0.15, 0.2) is 0 Å². The summed E-state index contributed by atoms with van der Waals surface area (Å²) < 4.78 is 25.2. The maximum Gasteiger partial charge on any atom is 0.494 e. The Hall–Kier alpha value is -2.57. The smallest absolute Gasteiger partial charge is 0.399 e. The molecule has 0 atom stereocenters. The van der Waals surface area contributed by atoms with Gasteiger partial charge in [-0.15, -0.1) is 0 Å². The van der Waals surface area contributed by atoms with Crippen molar-refractivity contribution < 1.29 is 18.6 Å². The monoisotopic (exact) mass is 581 g/mol. The molecule has 0 amide bonds. The van der Waals surface area contributed by atoms with Gasteiger partial charge in [0.25, 0.3) is 0 Å². The molecule has 5 nitrogen and oxygen atoms in total. The van der Waals surface area contributed by atoms with Crippen molar-refractivity contribution in [2.75, 3.05) is 4.90 Å². The highest BCUT2D eigenvalue weighted by molar-refractivity contribution is 6.62. The minimum Gasteiger partial charge on any atom is -0.399 e. The van der Waals surface area contributed by atoms with Crippen LogP contribution in [-0.4, -0.2) is 36.6 Å². The van der Waals surface area contributed by atoms with Crippen LogP contribution in [0.3, 0.4) is 0 Å². The molecule has 0 aliphatic carbocycles. The van der Waals surface area contributed by atoms with Crippen LogP contribution >= 0.6 is 0 Å². The lowest BCUT2D eigenvalue weighted by molar-refractivity contribution is 0.00578. The second-order valence-electron chi connectivity index (χ2n) is 14.2. The Morgan fingerprint density at radius 1 is 0.488 bits per heavy atom. The number of benzene rings is 3. The van der Waals surface area contributed by atoms with E-state index in [1.54, 1.807) is 0 Å². The first kappa shape index (κ1) is 31.8. The Morgan fingerprint density at radius 2 is 0.837 bits per heavy atom. The van der Waals surface area contributed by atoms with Crippen LogP contribution in [0.4, 0.5) is 17.1 Å². The van der Waals surface area contributed by atoms with E-state index >= 15 is 0 Å². The van der Waals surface area contributed by atoms with Crippen molar-refractivity contribution in [1.29, 1.82) is 0 Å². The summed E-state index contributed by atoms with van der Waals surface area (Å²) in [5, 5.41) is 0. The lowest BCUT2D eigenvalue weighted by Gasteiger charge is -2.32. The van der Waals surface area contributed by atoms with Crippen LogP contribution in [-0.2, 0) is 25.0 Å². The van der Waals surface area contributed by atoms with Gasteiger partial charge in [-0.05, 0) is 121 Å². The maximum atomic E-state index is 6.31. The van der Waals surface area contributed by atoms with Crippen LogP contribution in [0, 0.1) is 0 Å². The standard InChI is InChI=1S/C36H49B2NO4/c1-10-11-12-13-14-27-15-21-30(22-16-27)39(31-23-17-28(18-24-31)37-40-33(2,3)34(4,5)41-37)32-25-19-29(20-26-32)38-42-35(6,7)36(8,9)43-38/h15-26H,10-14H2,1-9H3. The molecule has 43 heavy (non-hydrogen) atoms. The van der Waals surface area contributed by atoms with Gasteiger partial charge in [0, 0.05) is 17.1 Å². The van der Waals surface area contributed by atoms with Gasteiger partial charge < -0.3 is 23.5 Å². The molecule has 0 radical (unpaired) electrons. The van der Waals surface area contributed by atoms with Crippen molar-refractivity contribution in [3.8, 4) is 0 Å². The molecule has 2 fully saturated rings. The van der Waals surface area contributed by atoms with E-state index in [0.717, 1.165) is 34.4 Å². The van der Waals surface area contributed by atoms with Gasteiger partial charge in [-0.1, -0.05) is 62.6 Å². The number of aryl methyl sites for hydroxylation is 1. The van der Waals surface area contributed by atoms with Crippen molar-refractivity contribution in [1.82, 2.24) is 0 Å². The van der Waals surface area contributed by atoms with E-state index in [9.17, 15) is 0 Å². The largest absolute Gasteiger partial charge is 0.494 e. The summed E-state index contributed by atoms with van der Waals surface area (Å²) in [7, 11) is -0.780. The Labute approximate surface area is 260 Å². The first-order valence-corrected chi connectivity index (χ1v) is 16.0. The van der Waals surface area contributed by atoms with Crippen LogP contribution in [0.2, 0.25) is 0 Å². The normalized spacial score (nSPS) is 20.0. The lowest BCUT2D eigenvalue weighted by atomic mass is 9.79. The summed E-state index contributed by atoms with van der Waals surface area (Å²) in [6.45, 7) is 19.0. The minimum absolute atomic E-state index is 0.375. The van der Waals surface area contributed by atoms with Crippen molar-refractivity contribution in [3.63, 3.8) is 0 Å². The average molecular weight is 581 g/mol. The number of nitrogens with zero attached hydrogens (tertiary/aromatic N) is 1. The molecule has 3 aromatic rings. The van der Waals surface area contributed by atoms with E-state index < -0.39 is 14.2 Å². The molecule has 2 heterocycles. The third kappa shape index (κ3) is 6.61.